The van der Waals surface area contributed by atoms with Gasteiger partial charge in [0.15, 0.2) is 12.4 Å². The van der Waals surface area contributed by atoms with Gasteiger partial charge in [0.2, 0.25) is 0 Å². The molecule has 1 fully saturated rings. The molecule has 0 radical (unpaired) electrons. The number of esters is 1. The zero-order chi connectivity index (χ0) is 17.2. The summed E-state index contributed by atoms with van der Waals surface area (Å²) in [6.07, 6.45) is -0.815. The zero-order valence-electron chi connectivity index (χ0n) is 12.8. The van der Waals surface area contributed by atoms with Crippen LogP contribution in [-0.4, -0.2) is 11.1 Å². The SMILES string of the molecule is O=C(OCc1cc(-c2ccccc2C(F)(F)F)no1)C1CCCC1. The Morgan fingerprint density at radius 1 is 1.25 bits per heavy atom. The van der Waals surface area contributed by atoms with Crippen molar-refractivity contribution in [2.75, 3.05) is 0 Å². The van der Waals surface area contributed by atoms with Crippen molar-refractivity contribution in [3.05, 3.63) is 41.7 Å². The third-order valence-electron chi connectivity index (χ3n) is 4.11. The maximum atomic E-state index is 13.0. The van der Waals surface area contributed by atoms with Gasteiger partial charge in [0.25, 0.3) is 0 Å². The standard InChI is InChI=1S/C17H16F3NO3/c18-17(19,20)14-8-4-3-7-13(14)15-9-12(24-21-15)10-23-16(22)11-5-1-2-6-11/h3-4,7-9,11H,1-2,5-6,10H2. The molecule has 0 spiro atoms. The fourth-order valence-electron chi connectivity index (χ4n) is 2.88. The number of rotatable bonds is 4. The van der Waals surface area contributed by atoms with Gasteiger partial charge in [-0.15, -0.1) is 0 Å². The molecule has 0 atom stereocenters. The number of nitrogens with zero attached hydrogens (tertiary/aromatic N) is 1. The van der Waals surface area contributed by atoms with E-state index in [-0.39, 0.29) is 35.5 Å². The first-order valence-corrected chi connectivity index (χ1v) is 7.74. The molecule has 1 heterocycles. The van der Waals surface area contributed by atoms with E-state index in [1.807, 2.05) is 0 Å². The van der Waals surface area contributed by atoms with Gasteiger partial charge in [-0.1, -0.05) is 36.2 Å². The molecule has 0 saturated heterocycles. The van der Waals surface area contributed by atoms with Crippen molar-refractivity contribution in [3.8, 4) is 11.3 Å². The van der Waals surface area contributed by atoms with Crippen LogP contribution in [0.25, 0.3) is 11.3 Å². The summed E-state index contributed by atoms with van der Waals surface area (Å²) in [7, 11) is 0. The number of carbonyl (C=O) groups is 1. The summed E-state index contributed by atoms with van der Waals surface area (Å²) >= 11 is 0. The lowest BCUT2D eigenvalue weighted by Gasteiger charge is -2.10. The van der Waals surface area contributed by atoms with E-state index < -0.39 is 11.7 Å². The van der Waals surface area contributed by atoms with E-state index >= 15 is 0 Å². The normalized spacial score (nSPS) is 15.6. The van der Waals surface area contributed by atoms with Gasteiger partial charge in [0.05, 0.1) is 11.5 Å². The largest absolute Gasteiger partial charge is 0.457 e. The number of aromatic nitrogens is 1. The van der Waals surface area contributed by atoms with Crippen LogP contribution in [0.5, 0.6) is 0 Å². The second-order valence-corrected chi connectivity index (χ2v) is 5.81. The Morgan fingerprint density at radius 3 is 2.67 bits per heavy atom. The van der Waals surface area contributed by atoms with E-state index in [4.69, 9.17) is 9.26 Å². The van der Waals surface area contributed by atoms with Gasteiger partial charge in [-0.2, -0.15) is 13.2 Å². The first-order chi connectivity index (χ1) is 11.4. The van der Waals surface area contributed by atoms with Gasteiger partial charge in [0, 0.05) is 11.6 Å². The summed E-state index contributed by atoms with van der Waals surface area (Å²) in [5, 5.41) is 3.67. The highest BCUT2D eigenvalue weighted by atomic mass is 19.4. The minimum absolute atomic E-state index is 0.0647. The lowest BCUT2D eigenvalue weighted by atomic mass is 10.0. The van der Waals surface area contributed by atoms with Gasteiger partial charge in [-0.05, 0) is 18.9 Å². The van der Waals surface area contributed by atoms with Crippen molar-refractivity contribution in [1.29, 1.82) is 0 Å². The molecule has 0 aliphatic heterocycles. The molecule has 1 saturated carbocycles. The predicted molar refractivity (Wildman–Crippen MR) is 78.7 cm³/mol. The van der Waals surface area contributed by atoms with Gasteiger partial charge in [0.1, 0.15) is 5.69 Å². The lowest BCUT2D eigenvalue weighted by molar-refractivity contribution is -0.150. The number of ether oxygens (including phenoxy) is 1. The Bertz CT molecular complexity index is 718. The molecular weight excluding hydrogens is 323 g/mol. The number of halogens is 3. The molecule has 1 aromatic carbocycles. The topological polar surface area (TPSA) is 52.3 Å². The van der Waals surface area contributed by atoms with E-state index in [0.717, 1.165) is 31.7 Å². The molecule has 7 heteroatoms. The van der Waals surface area contributed by atoms with Crippen LogP contribution in [-0.2, 0) is 22.3 Å². The van der Waals surface area contributed by atoms with Crippen LogP contribution in [0.1, 0.15) is 37.0 Å². The molecule has 0 amide bonds. The number of alkyl halides is 3. The van der Waals surface area contributed by atoms with E-state index in [0.29, 0.717) is 0 Å². The van der Waals surface area contributed by atoms with Crippen molar-refractivity contribution >= 4 is 5.97 Å². The van der Waals surface area contributed by atoms with Crippen LogP contribution < -0.4 is 0 Å². The fourth-order valence-corrected chi connectivity index (χ4v) is 2.88. The van der Waals surface area contributed by atoms with Crippen LogP contribution >= 0.6 is 0 Å². The van der Waals surface area contributed by atoms with Crippen molar-refractivity contribution in [2.24, 2.45) is 5.92 Å². The first-order valence-electron chi connectivity index (χ1n) is 7.74. The Morgan fingerprint density at radius 2 is 1.96 bits per heavy atom. The number of hydrogen-bond donors (Lipinski definition) is 0. The third kappa shape index (κ3) is 3.60. The Labute approximate surface area is 136 Å². The Hall–Kier alpha value is -2.31. The molecule has 0 bridgehead atoms. The molecule has 0 unspecified atom stereocenters. The summed E-state index contributed by atoms with van der Waals surface area (Å²) in [6.45, 7) is -0.128. The minimum atomic E-state index is -4.48. The molecule has 2 aromatic rings. The maximum Gasteiger partial charge on any atom is 0.417 e. The van der Waals surface area contributed by atoms with E-state index in [1.54, 1.807) is 0 Å². The molecule has 3 rings (SSSR count). The van der Waals surface area contributed by atoms with Crippen LogP contribution in [0.15, 0.2) is 34.9 Å². The molecule has 1 aromatic heterocycles. The highest BCUT2D eigenvalue weighted by Gasteiger charge is 2.34. The average Bonchev–Trinajstić information content (AvgIpc) is 3.23. The summed E-state index contributed by atoms with van der Waals surface area (Å²) in [5.41, 5.74) is -0.787. The van der Waals surface area contributed by atoms with Crippen molar-refractivity contribution in [3.63, 3.8) is 0 Å². The van der Waals surface area contributed by atoms with Gasteiger partial charge in [-0.25, -0.2) is 0 Å². The maximum absolute atomic E-state index is 13.0. The zero-order valence-corrected chi connectivity index (χ0v) is 12.8. The number of carbonyl (C=O) groups excluding carboxylic acids is 1. The van der Waals surface area contributed by atoms with E-state index in [2.05, 4.69) is 5.16 Å². The summed E-state index contributed by atoms with van der Waals surface area (Å²) < 4.78 is 49.3. The molecular formula is C17H16F3NO3. The smallest absolute Gasteiger partial charge is 0.417 e. The number of benzene rings is 1. The number of hydrogen-bond acceptors (Lipinski definition) is 4. The molecule has 0 N–H and O–H groups in total. The van der Waals surface area contributed by atoms with Gasteiger partial charge < -0.3 is 9.26 Å². The second-order valence-electron chi connectivity index (χ2n) is 5.81. The quantitative estimate of drug-likeness (QED) is 0.764. The Kier molecular flexibility index (Phi) is 4.59. The highest BCUT2D eigenvalue weighted by molar-refractivity contribution is 5.72. The molecule has 24 heavy (non-hydrogen) atoms. The summed E-state index contributed by atoms with van der Waals surface area (Å²) in [5.74, 6) is -0.159. The highest BCUT2D eigenvalue weighted by Crippen LogP contribution is 2.36. The second kappa shape index (κ2) is 6.67. The first kappa shape index (κ1) is 16.5. The molecule has 128 valence electrons. The van der Waals surface area contributed by atoms with Crippen LogP contribution in [0.2, 0.25) is 0 Å². The summed E-state index contributed by atoms with van der Waals surface area (Å²) in [6, 6.07) is 6.50. The fraction of sp³-hybridized carbons (Fsp3) is 0.412. The van der Waals surface area contributed by atoms with Crippen molar-refractivity contribution in [2.45, 2.75) is 38.5 Å². The summed E-state index contributed by atoms with van der Waals surface area (Å²) in [4.78, 5) is 11.8. The monoisotopic (exact) mass is 339 g/mol. The lowest BCUT2D eigenvalue weighted by Crippen LogP contribution is -2.14. The predicted octanol–water partition coefficient (Wildman–Crippen LogP) is 4.59. The molecule has 1 aliphatic carbocycles. The van der Waals surface area contributed by atoms with Crippen molar-refractivity contribution < 1.29 is 27.2 Å². The van der Waals surface area contributed by atoms with Crippen LogP contribution in [0.4, 0.5) is 13.2 Å². The van der Waals surface area contributed by atoms with E-state index in [9.17, 15) is 18.0 Å². The molecule has 1 aliphatic rings. The third-order valence-corrected chi connectivity index (χ3v) is 4.11. The van der Waals surface area contributed by atoms with Crippen LogP contribution in [0, 0.1) is 5.92 Å². The average molecular weight is 339 g/mol. The van der Waals surface area contributed by atoms with Crippen LogP contribution in [0.3, 0.4) is 0 Å². The van der Waals surface area contributed by atoms with E-state index in [1.165, 1.54) is 24.3 Å². The van der Waals surface area contributed by atoms with Gasteiger partial charge in [-0.3, -0.25) is 4.79 Å². The van der Waals surface area contributed by atoms with Gasteiger partial charge >= 0.3 is 12.1 Å². The minimum Gasteiger partial charge on any atom is -0.457 e. The molecule has 4 nitrogen and oxygen atoms in total. The van der Waals surface area contributed by atoms with Crippen molar-refractivity contribution in [1.82, 2.24) is 5.16 Å². The Balaban J connectivity index is 1.71.